The smallest absolute Gasteiger partial charge is 0.123 e. The van der Waals surface area contributed by atoms with Crippen LogP contribution in [0.25, 0.3) is 0 Å². The van der Waals surface area contributed by atoms with Crippen LogP contribution in [0.2, 0.25) is 5.02 Å². The zero-order chi connectivity index (χ0) is 11.8. The van der Waals surface area contributed by atoms with Crippen molar-refractivity contribution in [3.8, 4) is 5.75 Å². The van der Waals surface area contributed by atoms with Crippen LogP contribution in [0.4, 0.5) is 0 Å². The predicted molar refractivity (Wildman–Crippen MR) is 76.5 cm³/mol. The summed E-state index contributed by atoms with van der Waals surface area (Å²) in [5.41, 5.74) is 1.13. The van der Waals surface area contributed by atoms with Gasteiger partial charge in [-0.05, 0) is 38.1 Å². The van der Waals surface area contributed by atoms with Crippen LogP contribution in [-0.2, 0) is 6.54 Å². The van der Waals surface area contributed by atoms with E-state index in [1.807, 2.05) is 25.1 Å². The number of hydrogen-bond donors (Lipinski definition) is 1. The van der Waals surface area contributed by atoms with Gasteiger partial charge in [0.2, 0.25) is 0 Å². The highest BCUT2D eigenvalue weighted by Crippen LogP contribution is 2.22. The molecule has 0 saturated carbocycles. The van der Waals surface area contributed by atoms with E-state index in [9.17, 15) is 0 Å². The number of benzene rings is 1. The van der Waals surface area contributed by atoms with Gasteiger partial charge in [-0.15, -0.1) is 12.4 Å². The van der Waals surface area contributed by atoms with E-state index in [1.54, 1.807) is 0 Å². The average molecular weight is 278 g/mol. The Balaban J connectivity index is 0.00000256. The number of unbranched alkanes of at least 4 members (excludes halogenated alkanes) is 1. The Morgan fingerprint density at radius 1 is 1.29 bits per heavy atom. The van der Waals surface area contributed by atoms with Crippen LogP contribution in [0.5, 0.6) is 5.75 Å². The lowest BCUT2D eigenvalue weighted by Crippen LogP contribution is -2.15. The zero-order valence-corrected chi connectivity index (χ0v) is 12.0. The molecule has 0 saturated heterocycles. The maximum absolute atomic E-state index is 5.97. The van der Waals surface area contributed by atoms with Crippen LogP contribution in [0.3, 0.4) is 0 Å². The molecular formula is C13H21Cl2NO. The molecule has 0 heterocycles. The van der Waals surface area contributed by atoms with Gasteiger partial charge in [0.25, 0.3) is 0 Å². The monoisotopic (exact) mass is 277 g/mol. The zero-order valence-electron chi connectivity index (χ0n) is 10.5. The van der Waals surface area contributed by atoms with Gasteiger partial charge in [0.05, 0.1) is 6.61 Å². The highest BCUT2D eigenvalue weighted by atomic mass is 35.5. The summed E-state index contributed by atoms with van der Waals surface area (Å²) in [6.45, 7) is 6.71. The summed E-state index contributed by atoms with van der Waals surface area (Å²) < 4.78 is 5.55. The van der Waals surface area contributed by atoms with E-state index in [4.69, 9.17) is 16.3 Å². The van der Waals surface area contributed by atoms with E-state index in [2.05, 4.69) is 12.2 Å². The van der Waals surface area contributed by atoms with Crippen molar-refractivity contribution in [2.24, 2.45) is 0 Å². The molecule has 0 aliphatic rings. The van der Waals surface area contributed by atoms with E-state index >= 15 is 0 Å². The van der Waals surface area contributed by atoms with Crippen LogP contribution >= 0.6 is 24.0 Å². The molecule has 0 bridgehead atoms. The van der Waals surface area contributed by atoms with E-state index < -0.39 is 0 Å². The van der Waals surface area contributed by atoms with E-state index in [-0.39, 0.29) is 12.4 Å². The molecule has 4 heteroatoms. The molecule has 0 aromatic heterocycles. The van der Waals surface area contributed by atoms with Crippen molar-refractivity contribution in [1.82, 2.24) is 5.32 Å². The van der Waals surface area contributed by atoms with Crippen molar-refractivity contribution in [3.05, 3.63) is 28.8 Å². The van der Waals surface area contributed by atoms with E-state index in [0.29, 0.717) is 6.61 Å². The third kappa shape index (κ3) is 6.16. The largest absolute Gasteiger partial charge is 0.494 e. The van der Waals surface area contributed by atoms with Crippen molar-refractivity contribution in [2.45, 2.75) is 33.2 Å². The lowest BCUT2D eigenvalue weighted by atomic mass is 10.2. The summed E-state index contributed by atoms with van der Waals surface area (Å²) in [6.07, 6.45) is 2.41. The Kier molecular flexibility index (Phi) is 9.33. The van der Waals surface area contributed by atoms with Gasteiger partial charge in [-0.25, -0.2) is 0 Å². The maximum Gasteiger partial charge on any atom is 0.123 e. The fourth-order valence-corrected chi connectivity index (χ4v) is 1.70. The number of rotatable bonds is 7. The second-order valence-corrected chi connectivity index (χ2v) is 4.15. The molecule has 0 amide bonds. The minimum Gasteiger partial charge on any atom is -0.494 e. The predicted octanol–water partition coefficient (Wildman–Crippen LogP) is 4.05. The molecule has 0 radical (unpaired) electrons. The van der Waals surface area contributed by atoms with E-state index in [0.717, 1.165) is 29.4 Å². The number of hydrogen-bond acceptors (Lipinski definition) is 2. The molecule has 1 N–H and O–H groups in total. The third-order valence-electron chi connectivity index (χ3n) is 2.34. The van der Waals surface area contributed by atoms with Crippen LogP contribution in [0.15, 0.2) is 18.2 Å². The highest BCUT2D eigenvalue weighted by molar-refractivity contribution is 6.30. The Labute approximate surface area is 115 Å². The Bertz CT molecular complexity index is 318. The second kappa shape index (κ2) is 9.58. The average Bonchev–Trinajstić information content (AvgIpc) is 2.28. The summed E-state index contributed by atoms with van der Waals surface area (Å²) >= 11 is 5.97. The van der Waals surface area contributed by atoms with Crippen LogP contribution in [-0.4, -0.2) is 13.2 Å². The molecular weight excluding hydrogens is 257 g/mol. The summed E-state index contributed by atoms with van der Waals surface area (Å²) in [5, 5.41) is 4.15. The van der Waals surface area contributed by atoms with Gasteiger partial charge in [-0.1, -0.05) is 24.9 Å². The van der Waals surface area contributed by atoms with Crippen LogP contribution in [0, 0.1) is 0 Å². The second-order valence-electron chi connectivity index (χ2n) is 3.72. The first-order valence-corrected chi connectivity index (χ1v) is 6.27. The number of ether oxygens (including phenoxy) is 1. The molecule has 0 atom stereocenters. The van der Waals surface area contributed by atoms with Gasteiger partial charge in [-0.3, -0.25) is 0 Å². The Morgan fingerprint density at radius 3 is 2.71 bits per heavy atom. The normalized spacial score (nSPS) is 9.82. The van der Waals surface area contributed by atoms with Crippen molar-refractivity contribution in [3.63, 3.8) is 0 Å². The van der Waals surface area contributed by atoms with Gasteiger partial charge in [0.15, 0.2) is 0 Å². The summed E-state index contributed by atoms with van der Waals surface area (Å²) in [6, 6.07) is 5.76. The molecule has 17 heavy (non-hydrogen) atoms. The first kappa shape index (κ1) is 16.6. The fraction of sp³-hybridized carbons (Fsp3) is 0.538. The number of nitrogens with one attached hydrogen (secondary N) is 1. The highest BCUT2D eigenvalue weighted by Gasteiger charge is 2.03. The molecule has 0 fully saturated rings. The Hall–Kier alpha value is -0.440. The summed E-state index contributed by atoms with van der Waals surface area (Å²) in [7, 11) is 0. The molecule has 0 spiro atoms. The lowest BCUT2D eigenvalue weighted by molar-refractivity contribution is 0.335. The van der Waals surface area contributed by atoms with Gasteiger partial charge in [0.1, 0.15) is 5.75 Å². The molecule has 0 aliphatic heterocycles. The van der Waals surface area contributed by atoms with Gasteiger partial charge < -0.3 is 10.1 Å². The van der Waals surface area contributed by atoms with Gasteiger partial charge in [-0.2, -0.15) is 0 Å². The third-order valence-corrected chi connectivity index (χ3v) is 2.58. The van der Waals surface area contributed by atoms with Crippen molar-refractivity contribution >= 4 is 24.0 Å². The van der Waals surface area contributed by atoms with Gasteiger partial charge in [0, 0.05) is 17.1 Å². The van der Waals surface area contributed by atoms with Crippen molar-refractivity contribution in [1.29, 1.82) is 0 Å². The topological polar surface area (TPSA) is 21.3 Å². The standard InChI is InChI=1S/C13H20ClNO.ClH/c1-3-5-8-15-10-11-9-12(14)6-7-13(11)16-4-2;/h6-7,9,15H,3-5,8,10H2,1-2H3;1H. The first-order chi connectivity index (χ1) is 7.77. The minimum absolute atomic E-state index is 0. The van der Waals surface area contributed by atoms with Crippen LogP contribution in [0.1, 0.15) is 32.3 Å². The van der Waals surface area contributed by atoms with Crippen molar-refractivity contribution in [2.75, 3.05) is 13.2 Å². The number of halogens is 2. The lowest BCUT2D eigenvalue weighted by Gasteiger charge is -2.11. The molecule has 1 aromatic rings. The molecule has 0 unspecified atom stereocenters. The molecule has 0 aliphatic carbocycles. The Morgan fingerprint density at radius 2 is 2.06 bits per heavy atom. The minimum atomic E-state index is 0. The first-order valence-electron chi connectivity index (χ1n) is 5.89. The molecule has 2 nitrogen and oxygen atoms in total. The summed E-state index contributed by atoms with van der Waals surface area (Å²) in [4.78, 5) is 0. The molecule has 1 rings (SSSR count). The summed E-state index contributed by atoms with van der Waals surface area (Å²) in [5.74, 6) is 0.927. The SMILES string of the molecule is CCCCNCc1cc(Cl)ccc1OCC.Cl. The van der Waals surface area contributed by atoms with Gasteiger partial charge >= 0.3 is 0 Å². The fourth-order valence-electron chi connectivity index (χ4n) is 1.51. The van der Waals surface area contributed by atoms with Crippen LogP contribution < -0.4 is 10.1 Å². The maximum atomic E-state index is 5.97. The van der Waals surface area contributed by atoms with Crippen molar-refractivity contribution < 1.29 is 4.74 Å². The molecule has 1 aromatic carbocycles. The quantitative estimate of drug-likeness (QED) is 0.760. The molecule has 98 valence electrons. The van der Waals surface area contributed by atoms with E-state index in [1.165, 1.54) is 12.8 Å².